The van der Waals surface area contributed by atoms with E-state index in [9.17, 15) is 4.79 Å². The average molecular weight is 583 g/mol. The Bertz CT molecular complexity index is 1700. The molecule has 3 aromatic heterocycles. The second-order valence-electron chi connectivity index (χ2n) is 10.9. The Hall–Kier alpha value is -4.77. The van der Waals surface area contributed by atoms with Gasteiger partial charge in [-0.2, -0.15) is 15.2 Å². The molecule has 0 fully saturated rings. The molecule has 11 heteroatoms. The van der Waals surface area contributed by atoms with Crippen molar-refractivity contribution in [2.75, 3.05) is 27.2 Å². The third-order valence-electron chi connectivity index (χ3n) is 7.16. The molecule has 0 bridgehead atoms. The molecule has 0 radical (unpaired) electrons. The molecule has 224 valence electrons. The quantitative estimate of drug-likeness (QED) is 0.221. The number of nitrogens with one attached hydrogen (secondary N) is 1. The van der Waals surface area contributed by atoms with Gasteiger partial charge in [0.2, 0.25) is 5.89 Å². The first-order chi connectivity index (χ1) is 20.7. The lowest BCUT2D eigenvalue weighted by Gasteiger charge is -2.18. The number of likely N-dealkylation sites (N-methyl/N-ethyl adjacent to an activating group) is 1. The van der Waals surface area contributed by atoms with E-state index in [1.165, 1.54) is 0 Å². The summed E-state index contributed by atoms with van der Waals surface area (Å²) in [6, 6.07) is 13.6. The third kappa shape index (κ3) is 7.36. The maximum atomic E-state index is 13.5. The first-order valence-electron chi connectivity index (χ1n) is 14.4. The topological polar surface area (TPSA) is 116 Å². The highest BCUT2D eigenvalue weighted by Crippen LogP contribution is 2.30. The van der Waals surface area contributed by atoms with E-state index < -0.39 is 0 Å². The number of aryl methyl sites for hydroxylation is 3. The van der Waals surface area contributed by atoms with Crippen LogP contribution in [0, 0.1) is 13.8 Å². The number of benzene rings is 2. The molecule has 2 aromatic carbocycles. The number of carbonyl (C=O) groups is 1. The summed E-state index contributed by atoms with van der Waals surface area (Å²) < 4.78 is 14.7. The summed E-state index contributed by atoms with van der Waals surface area (Å²) >= 11 is 0. The summed E-state index contributed by atoms with van der Waals surface area (Å²) in [7, 11) is 4.00. The number of ether oxygens (including phenoxy) is 1. The van der Waals surface area contributed by atoms with Gasteiger partial charge in [-0.1, -0.05) is 11.2 Å². The van der Waals surface area contributed by atoms with Crippen LogP contribution in [0.5, 0.6) is 5.75 Å². The van der Waals surface area contributed by atoms with E-state index in [0.29, 0.717) is 36.2 Å². The lowest BCUT2D eigenvalue weighted by Crippen LogP contribution is -2.27. The summed E-state index contributed by atoms with van der Waals surface area (Å²) in [6.45, 7) is 10.2. The van der Waals surface area contributed by atoms with Crippen molar-refractivity contribution in [3.63, 3.8) is 0 Å². The van der Waals surface area contributed by atoms with Crippen molar-refractivity contribution in [3.05, 3.63) is 89.5 Å². The van der Waals surface area contributed by atoms with Crippen molar-refractivity contribution in [1.82, 2.24) is 39.9 Å². The lowest BCUT2D eigenvalue weighted by molar-refractivity contribution is 0.0938. The van der Waals surface area contributed by atoms with E-state index in [1.807, 2.05) is 75.5 Å². The van der Waals surface area contributed by atoms with E-state index in [2.05, 4.69) is 50.6 Å². The van der Waals surface area contributed by atoms with Gasteiger partial charge >= 0.3 is 0 Å². The van der Waals surface area contributed by atoms with E-state index in [-0.39, 0.29) is 11.9 Å². The highest BCUT2D eigenvalue weighted by molar-refractivity contribution is 5.96. The lowest BCUT2D eigenvalue weighted by atomic mass is 9.96. The van der Waals surface area contributed by atoms with Gasteiger partial charge in [0.1, 0.15) is 18.9 Å². The van der Waals surface area contributed by atoms with Crippen molar-refractivity contribution in [2.24, 2.45) is 0 Å². The van der Waals surface area contributed by atoms with Crippen LogP contribution in [0.3, 0.4) is 0 Å². The first kappa shape index (κ1) is 29.7. The van der Waals surface area contributed by atoms with E-state index in [4.69, 9.17) is 14.4 Å². The molecule has 11 nitrogen and oxygen atoms in total. The summed E-state index contributed by atoms with van der Waals surface area (Å²) in [5, 5.41) is 16.4. The van der Waals surface area contributed by atoms with Crippen LogP contribution < -0.4 is 10.1 Å². The monoisotopic (exact) mass is 582 g/mol. The minimum atomic E-state index is -0.283. The molecule has 5 rings (SSSR count). The Morgan fingerprint density at radius 3 is 2.60 bits per heavy atom. The maximum Gasteiger partial charge on any atom is 0.252 e. The van der Waals surface area contributed by atoms with Crippen molar-refractivity contribution in [3.8, 4) is 28.1 Å². The summed E-state index contributed by atoms with van der Waals surface area (Å²) in [4.78, 5) is 19.8. The van der Waals surface area contributed by atoms with Gasteiger partial charge in [0.05, 0.1) is 17.9 Å². The molecule has 1 atom stereocenters. The van der Waals surface area contributed by atoms with Crippen molar-refractivity contribution < 1.29 is 14.1 Å². The van der Waals surface area contributed by atoms with Crippen molar-refractivity contribution in [2.45, 2.75) is 46.8 Å². The molecular weight excluding hydrogens is 544 g/mol. The van der Waals surface area contributed by atoms with Crippen LogP contribution >= 0.6 is 0 Å². The molecule has 1 N–H and O–H groups in total. The summed E-state index contributed by atoms with van der Waals surface area (Å²) in [5.74, 6) is 1.59. The van der Waals surface area contributed by atoms with Crippen LogP contribution in [0.15, 0.2) is 65.6 Å². The molecule has 1 amide bonds. The van der Waals surface area contributed by atoms with Gasteiger partial charge in [-0.15, -0.1) is 0 Å². The van der Waals surface area contributed by atoms with Gasteiger partial charge in [0.15, 0.2) is 5.82 Å². The predicted molar refractivity (Wildman–Crippen MR) is 164 cm³/mol. The third-order valence-corrected chi connectivity index (χ3v) is 7.16. The molecule has 43 heavy (non-hydrogen) atoms. The molecular formula is C32H38N8O3. The smallest absolute Gasteiger partial charge is 0.252 e. The number of aromatic nitrogens is 6. The predicted octanol–water partition coefficient (Wildman–Crippen LogP) is 4.91. The van der Waals surface area contributed by atoms with Crippen molar-refractivity contribution >= 4 is 5.91 Å². The number of rotatable bonds is 12. The van der Waals surface area contributed by atoms with E-state index in [1.54, 1.807) is 11.6 Å². The number of amides is 1. The molecule has 3 heterocycles. The molecule has 0 aliphatic carbocycles. The molecule has 0 spiro atoms. The molecule has 0 saturated carbocycles. The fraction of sp³-hybridized carbons (Fsp3) is 0.344. The highest BCUT2D eigenvalue weighted by atomic mass is 16.5. The van der Waals surface area contributed by atoms with Crippen LogP contribution in [-0.4, -0.2) is 67.8 Å². The average Bonchev–Trinajstić information content (AvgIpc) is 3.75. The summed E-state index contributed by atoms with van der Waals surface area (Å²) in [5.41, 5.74) is 6.12. The number of hydrogen-bond acceptors (Lipinski definition) is 8. The zero-order valence-corrected chi connectivity index (χ0v) is 25.5. The Balaban J connectivity index is 1.41. The van der Waals surface area contributed by atoms with E-state index >= 15 is 0 Å². The van der Waals surface area contributed by atoms with Crippen molar-refractivity contribution in [1.29, 1.82) is 0 Å². The second-order valence-corrected chi connectivity index (χ2v) is 10.9. The maximum absolute atomic E-state index is 13.5. The zero-order chi connectivity index (χ0) is 30.5. The van der Waals surface area contributed by atoms with Gasteiger partial charge in [0, 0.05) is 49.1 Å². The van der Waals surface area contributed by atoms with E-state index in [0.717, 1.165) is 46.6 Å². The Labute approximate surface area is 251 Å². The van der Waals surface area contributed by atoms with Crippen LogP contribution in [0.25, 0.3) is 22.4 Å². The van der Waals surface area contributed by atoms with Crippen LogP contribution in [0.1, 0.15) is 53.1 Å². The second kappa shape index (κ2) is 13.0. The minimum Gasteiger partial charge on any atom is -0.492 e. The highest BCUT2D eigenvalue weighted by Gasteiger charge is 2.18. The van der Waals surface area contributed by atoms with Crippen LogP contribution in [0.4, 0.5) is 0 Å². The summed E-state index contributed by atoms with van der Waals surface area (Å²) in [6.07, 6.45) is 5.73. The SMILES string of the molecule is CCn1ccc(-c2cc(-c3cnn(Cc4noc(C)n4)c3)cc([C@@H](C)NC(=O)c3cc(OCCN(C)C)ccc3C)c2)n1. The fourth-order valence-corrected chi connectivity index (χ4v) is 4.70. The van der Waals surface area contributed by atoms with Gasteiger partial charge in [-0.05, 0) is 88.0 Å². The molecule has 0 saturated heterocycles. The Morgan fingerprint density at radius 1 is 1.07 bits per heavy atom. The normalized spacial score (nSPS) is 12.1. The molecule has 0 aliphatic heterocycles. The minimum absolute atomic E-state index is 0.159. The standard InChI is InChI=1S/C32H38N8O3/c1-7-39-11-10-30(36-39)26-15-24(14-25(16-26)27-18-33-40(19-27)20-31-35-23(4)43-37-31)22(3)34-32(41)29-17-28(9-8-21(29)2)42-13-12-38(5)6/h8-11,14-19,22H,7,12-13,20H2,1-6H3,(H,34,41)/t22-/m1/s1. The number of nitrogens with zero attached hydrogens (tertiary/aromatic N) is 7. The Kier molecular flexibility index (Phi) is 9.01. The zero-order valence-electron chi connectivity index (χ0n) is 25.5. The first-order valence-corrected chi connectivity index (χ1v) is 14.4. The van der Waals surface area contributed by atoms with Gasteiger partial charge in [0.25, 0.3) is 5.91 Å². The molecule has 5 aromatic rings. The number of carbonyl (C=O) groups excluding carboxylic acids is 1. The van der Waals surface area contributed by atoms with Gasteiger partial charge < -0.3 is 19.5 Å². The van der Waals surface area contributed by atoms with Gasteiger partial charge in [-0.25, -0.2) is 0 Å². The van der Waals surface area contributed by atoms with Crippen LogP contribution in [-0.2, 0) is 13.1 Å². The Morgan fingerprint density at radius 2 is 1.88 bits per heavy atom. The molecule has 0 aliphatic rings. The van der Waals surface area contributed by atoms with Crippen LogP contribution in [0.2, 0.25) is 0 Å². The largest absolute Gasteiger partial charge is 0.492 e. The fourth-order valence-electron chi connectivity index (χ4n) is 4.70. The number of hydrogen-bond donors (Lipinski definition) is 1. The van der Waals surface area contributed by atoms with Gasteiger partial charge in [-0.3, -0.25) is 14.2 Å². The molecule has 0 unspecified atom stereocenters.